The second-order valence-corrected chi connectivity index (χ2v) is 4.12. The predicted molar refractivity (Wildman–Crippen MR) is 76.2 cm³/mol. The van der Waals surface area contributed by atoms with E-state index in [1.165, 1.54) is 6.92 Å². The molecule has 0 saturated heterocycles. The average molecular weight is 342 g/mol. The summed E-state index contributed by atoms with van der Waals surface area (Å²) in [5.41, 5.74) is 0. The van der Waals surface area contributed by atoms with Crippen molar-refractivity contribution in [3.63, 3.8) is 0 Å². The van der Waals surface area contributed by atoms with Gasteiger partial charge in [0.25, 0.3) is 0 Å². The van der Waals surface area contributed by atoms with E-state index in [9.17, 15) is 24.3 Å². The molecule has 0 aromatic carbocycles. The predicted octanol–water partition coefficient (Wildman–Crippen LogP) is -3.55. The van der Waals surface area contributed by atoms with Crippen molar-refractivity contribution in [1.82, 2.24) is 6.15 Å². The summed E-state index contributed by atoms with van der Waals surface area (Å²) in [6.07, 6.45) is -0.143. The SMILES string of the molecule is CCC(C(=O)[O-])[N+](CC(=O)O)(CC(=O)O)CC(=O)O.N.[NaH].[NaH]. The fourth-order valence-electron chi connectivity index (χ4n) is 2.08. The molecule has 0 aliphatic heterocycles. The third kappa shape index (κ3) is 9.74. The van der Waals surface area contributed by atoms with Crippen LogP contribution in [0.15, 0.2) is 0 Å². The summed E-state index contributed by atoms with van der Waals surface area (Å²) in [7, 11) is 0. The maximum absolute atomic E-state index is 11.0. The molecule has 0 radical (unpaired) electrons. The van der Waals surface area contributed by atoms with Gasteiger partial charge in [-0.3, -0.25) is 4.48 Å². The van der Waals surface area contributed by atoms with E-state index in [0.717, 1.165) is 0 Å². The molecule has 120 valence electrons. The summed E-state index contributed by atoms with van der Waals surface area (Å²) in [6.45, 7) is -1.39. The van der Waals surface area contributed by atoms with Crippen LogP contribution in [-0.2, 0) is 19.2 Å². The number of quaternary nitrogens is 1. The molecule has 1 unspecified atom stereocenters. The van der Waals surface area contributed by atoms with Crippen LogP contribution in [0.5, 0.6) is 0 Å². The van der Waals surface area contributed by atoms with Crippen molar-refractivity contribution in [3.8, 4) is 0 Å². The normalized spacial score (nSPS) is 11.0. The van der Waals surface area contributed by atoms with E-state index in [2.05, 4.69) is 0 Å². The average Bonchev–Trinajstić information content (AvgIpc) is 2.12. The van der Waals surface area contributed by atoms with Crippen LogP contribution in [0.2, 0.25) is 0 Å². The molecule has 0 saturated carbocycles. The van der Waals surface area contributed by atoms with Crippen LogP contribution in [0.25, 0.3) is 0 Å². The van der Waals surface area contributed by atoms with Gasteiger partial charge in [0, 0.05) is 6.42 Å². The van der Waals surface area contributed by atoms with Crippen molar-refractivity contribution in [2.24, 2.45) is 0 Å². The van der Waals surface area contributed by atoms with Gasteiger partial charge in [-0.05, 0) is 0 Å². The molecule has 0 bridgehead atoms. The molecular formula is C10H20N2Na2O8. The van der Waals surface area contributed by atoms with Crippen LogP contribution in [0, 0.1) is 0 Å². The van der Waals surface area contributed by atoms with Crippen LogP contribution < -0.4 is 11.3 Å². The van der Waals surface area contributed by atoms with Gasteiger partial charge < -0.3 is 31.4 Å². The minimum absolute atomic E-state index is 0. The standard InChI is InChI=1S/C10H15NO8.H3N.2Na.2H/c1-2-6(10(18)19)11(3-7(12)13,4-8(14)15)5-9(16)17;;;;;/h6H,2-5H2,1H3,(H3-,12,13,14,15,16,17,18,19);1H3;;;;. The molecular weight excluding hydrogens is 322 g/mol. The molecule has 0 aliphatic rings. The molecule has 0 aromatic rings. The summed E-state index contributed by atoms with van der Waals surface area (Å²) < 4.78 is -1.13. The van der Waals surface area contributed by atoms with Gasteiger partial charge in [-0.2, -0.15) is 0 Å². The molecule has 10 nitrogen and oxygen atoms in total. The first-order chi connectivity index (χ1) is 8.64. The number of rotatable bonds is 9. The van der Waals surface area contributed by atoms with Gasteiger partial charge in [0.15, 0.2) is 19.6 Å². The summed E-state index contributed by atoms with van der Waals surface area (Å²) in [5, 5.41) is 37.4. The van der Waals surface area contributed by atoms with Crippen molar-refractivity contribution in [2.45, 2.75) is 19.4 Å². The van der Waals surface area contributed by atoms with Gasteiger partial charge in [0.1, 0.15) is 6.04 Å². The van der Waals surface area contributed by atoms with Gasteiger partial charge in [-0.15, -0.1) is 0 Å². The number of carboxylic acid groups (broad SMARTS) is 4. The second kappa shape index (κ2) is 13.3. The fraction of sp³-hybridized carbons (Fsp3) is 0.600. The number of aliphatic carboxylic acids is 4. The molecule has 12 heteroatoms. The Morgan fingerprint density at radius 3 is 1.32 bits per heavy atom. The van der Waals surface area contributed by atoms with Crippen LogP contribution in [0.3, 0.4) is 0 Å². The first-order valence-electron chi connectivity index (χ1n) is 5.36. The molecule has 22 heavy (non-hydrogen) atoms. The minimum atomic E-state index is -1.67. The van der Waals surface area contributed by atoms with Crippen LogP contribution in [-0.4, -0.2) is 128 Å². The summed E-state index contributed by atoms with van der Waals surface area (Å²) in [6, 6.07) is -1.52. The van der Waals surface area contributed by atoms with Crippen molar-refractivity contribution >= 4 is 83.0 Å². The third-order valence-electron chi connectivity index (χ3n) is 2.67. The Bertz CT molecular complexity index is 364. The molecule has 0 amide bonds. The zero-order chi connectivity index (χ0) is 15.2. The van der Waals surface area contributed by atoms with E-state index < -0.39 is 54.0 Å². The number of carboxylic acids is 4. The Balaban J connectivity index is -0.000000540. The summed E-state index contributed by atoms with van der Waals surface area (Å²) in [5.74, 6) is -6.13. The van der Waals surface area contributed by atoms with Gasteiger partial charge in [0.2, 0.25) is 0 Å². The van der Waals surface area contributed by atoms with Crippen molar-refractivity contribution < 1.29 is 44.1 Å². The van der Waals surface area contributed by atoms with Crippen LogP contribution >= 0.6 is 0 Å². The zero-order valence-corrected chi connectivity index (χ0v) is 10.9. The Kier molecular flexibility index (Phi) is 17.9. The molecule has 1 atom stereocenters. The quantitative estimate of drug-likeness (QED) is 0.243. The maximum atomic E-state index is 11.0. The third-order valence-corrected chi connectivity index (χ3v) is 2.67. The Labute approximate surface area is 171 Å². The van der Waals surface area contributed by atoms with E-state index in [-0.39, 0.29) is 71.7 Å². The van der Waals surface area contributed by atoms with Crippen molar-refractivity contribution in [1.29, 1.82) is 0 Å². The molecule has 0 rings (SSSR count). The fourth-order valence-corrected chi connectivity index (χ4v) is 2.08. The second-order valence-electron chi connectivity index (χ2n) is 4.12. The molecule has 0 spiro atoms. The Morgan fingerprint density at radius 2 is 1.18 bits per heavy atom. The topological polar surface area (TPSA) is 187 Å². The molecule has 0 fully saturated rings. The number of carbonyl (C=O) groups is 4. The molecule has 0 heterocycles. The van der Waals surface area contributed by atoms with Crippen molar-refractivity contribution in [2.75, 3.05) is 19.6 Å². The Morgan fingerprint density at radius 1 is 0.909 bits per heavy atom. The number of carbonyl (C=O) groups excluding carboxylic acids is 1. The van der Waals surface area contributed by atoms with Crippen LogP contribution in [0.1, 0.15) is 13.3 Å². The monoisotopic (exact) mass is 342 g/mol. The number of nitrogens with zero attached hydrogens (tertiary/aromatic N) is 1. The van der Waals surface area contributed by atoms with E-state index in [1.54, 1.807) is 0 Å². The van der Waals surface area contributed by atoms with E-state index >= 15 is 0 Å². The van der Waals surface area contributed by atoms with Gasteiger partial charge in [-0.25, -0.2) is 14.4 Å². The number of hydrogen-bond acceptors (Lipinski definition) is 6. The Hall–Kier alpha value is -0.200. The zero-order valence-electron chi connectivity index (χ0n) is 10.9. The van der Waals surface area contributed by atoms with Crippen molar-refractivity contribution in [3.05, 3.63) is 0 Å². The van der Waals surface area contributed by atoms with Gasteiger partial charge in [0.05, 0.1) is 5.97 Å². The first-order valence-corrected chi connectivity index (χ1v) is 5.36. The van der Waals surface area contributed by atoms with Gasteiger partial charge in [-0.1, -0.05) is 6.92 Å². The van der Waals surface area contributed by atoms with E-state index in [0.29, 0.717) is 0 Å². The van der Waals surface area contributed by atoms with E-state index in [1.807, 2.05) is 0 Å². The van der Waals surface area contributed by atoms with Crippen LogP contribution in [0.4, 0.5) is 0 Å². The molecule has 0 aromatic heterocycles. The summed E-state index contributed by atoms with van der Waals surface area (Å²) >= 11 is 0. The molecule has 0 aliphatic carbocycles. The molecule has 6 N–H and O–H groups in total. The van der Waals surface area contributed by atoms with E-state index in [4.69, 9.17) is 15.3 Å². The number of hydrogen-bond donors (Lipinski definition) is 4. The first kappa shape index (κ1) is 29.8. The van der Waals surface area contributed by atoms with Gasteiger partial charge >= 0.3 is 77.0 Å². The summed E-state index contributed by atoms with van der Waals surface area (Å²) in [4.78, 5) is 43.4.